The summed E-state index contributed by atoms with van der Waals surface area (Å²) >= 11 is 2.98. The number of hydrogen-bond acceptors (Lipinski definition) is 8. The zero-order valence-electron chi connectivity index (χ0n) is 14.0. The van der Waals surface area contributed by atoms with Gasteiger partial charge in [0.15, 0.2) is 5.65 Å². The number of carbonyl (C=O) groups excluding carboxylic acids is 1. The standard InChI is InChI=1S/C17H14N4O3S2/c1-10-5-7-25-13(10)15-19-20-17(24-15)26-9-11-8-21-6-3-4-12(14(21)18-11)16(22)23-2/h3-8H,9H2,1-2H3. The fourth-order valence-electron chi connectivity index (χ4n) is 2.49. The van der Waals surface area contributed by atoms with E-state index < -0.39 is 5.97 Å². The highest BCUT2D eigenvalue weighted by Crippen LogP contribution is 2.30. The van der Waals surface area contributed by atoms with E-state index in [2.05, 4.69) is 15.2 Å². The zero-order valence-corrected chi connectivity index (χ0v) is 15.6. The summed E-state index contributed by atoms with van der Waals surface area (Å²) in [6.07, 6.45) is 3.71. The Hall–Kier alpha value is -2.65. The largest absolute Gasteiger partial charge is 0.465 e. The van der Waals surface area contributed by atoms with E-state index in [1.54, 1.807) is 27.9 Å². The van der Waals surface area contributed by atoms with Gasteiger partial charge in [0.05, 0.1) is 17.7 Å². The van der Waals surface area contributed by atoms with Gasteiger partial charge in [-0.25, -0.2) is 9.78 Å². The van der Waals surface area contributed by atoms with Gasteiger partial charge >= 0.3 is 5.97 Å². The van der Waals surface area contributed by atoms with Crippen molar-refractivity contribution >= 4 is 34.7 Å². The normalized spacial score (nSPS) is 11.2. The van der Waals surface area contributed by atoms with Crippen molar-refractivity contribution in [1.29, 1.82) is 0 Å². The average molecular weight is 386 g/mol. The van der Waals surface area contributed by atoms with Crippen LogP contribution in [0.25, 0.3) is 16.4 Å². The first kappa shape index (κ1) is 16.8. The van der Waals surface area contributed by atoms with E-state index in [-0.39, 0.29) is 0 Å². The van der Waals surface area contributed by atoms with Crippen LogP contribution in [0.15, 0.2) is 45.6 Å². The Balaban J connectivity index is 1.53. The summed E-state index contributed by atoms with van der Waals surface area (Å²) in [6, 6.07) is 5.50. The summed E-state index contributed by atoms with van der Waals surface area (Å²) < 4.78 is 12.3. The lowest BCUT2D eigenvalue weighted by Crippen LogP contribution is -2.03. The molecule has 132 valence electrons. The van der Waals surface area contributed by atoms with Gasteiger partial charge in [0, 0.05) is 18.1 Å². The van der Waals surface area contributed by atoms with Crippen LogP contribution in [-0.4, -0.2) is 32.7 Å². The van der Waals surface area contributed by atoms with Crippen LogP contribution in [0.3, 0.4) is 0 Å². The summed E-state index contributed by atoms with van der Waals surface area (Å²) in [5, 5.41) is 10.7. The smallest absolute Gasteiger partial charge is 0.341 e. The number of esters is 1. The molecule has 0 bridgehead atoms. The second kappa shape index (κ2) is 6.93. The zero-order chi connectivity index (χ0) is 18.1. The number of rotatable bonds is 5. The second-order valence-corrected chi connectivity index (χ2v) is 7.31. The van der Waals surface area contributed by atoms with Crippen LogP contribution in [0.4, 0.5) is 0 Å². The molecule has 4 rings (SSSR count). The molecule has 0 aliphatic rings. The first-order valence-electron chi connectivity index (χ1n) is 7.71. The molecule has 0 N–H and O–H groups in total. The van der Waals surface area contributed by atoms with Crippen molar-refractivity contribution in [2.75, 3.05) is 7.11 Å². The van der Waals surface area contributed by atoms with E-state index in [9.17, 15) is 4.79 Å². The van der Waals surface area contributed by atoms with Crippen LogP contribution in [0.1, 0.15) is 21.6 Å². The molecule has 26 heavy (non-hydrogen) atoms. The van der Waals surface area contributed by atoms with Gasteiger partial charge in [0.2, 0.25) is 0 Å². The highest BCUT2D eigenvalue weighted by atomic mass is 32.2. The minimum Gasteiger partial charge on any atom is -0.465 e. The highest BCUT2D eigenvalue weighted by molar-refractivity contribution is 7.98. The van der Waals surface area contributed by atoms with Crippen LogP contribution in [0, 0.1) is 6.92 Å². The molecule has 0 aliphatic carbocycles. The molecule has 0 aromatic carbocycles. The van der Waals surface area contributed by atoms with Crippen molar-refractivity contribution in [3.05, 3.63) is 52.8 Å². The van der Waals surface area contributed by atoms with Gasteiger partial charge < -0.3 is 13.6 Å². The van der Waals surface area contributed by atoms with Crippen molar-refractivity contribution in [2.45, 2.75) is 17.9 Å². The Morgan fingerprint density at radius 1 is 1.38 bits per heavy atom. The maximum atomic E-state index is 11.8. The maximum Gasteiger partial charge on any atom is 0.341 e. The van der Waals surface area contributed by atoms with E-state index in [0.29, 0.717) is 28.1 Å². The molecule has 4 aromatic heterocycles. The van der Waals surface area contributed by atoms with Crippen LogP contribution in [0.5, 0.6) is 0 Å². The third-order valence-corrected chi connectivity index (χ3v) is 5.60. The number of carbonyl (C=O) groups is 1. The number of imidazole rings is 1. The van der Waals surface area contributed by atoms with E-state index >= 15 is 0 Å². The van der Waals surface area contributed by atoms with Gasteiger partial charge in [0.25, 0.3) is 11.1 Å². The number of thioether (sulfide) groups is 1. The lowest BCUT2D eigenvalue weighted by molar-refractivity contribution is 0.0602. The Kier molecular flexibility index (Phi) is 4.48. The Morgan fingerprint density at radius 3 is 3.04 bits per heavy atom. The number of thiophene rings is 1. The molecule has 4 aromatic rings. The predicted molar refractivity (Wildman–Crippen MR) is 98.4 cm³/mol. The van der Waals surface area contributed by atoms with E-state index in [4.69, 9.17) is 9.15 Å². The Labute approximate surface area is 157 Å². The fraction of sp³-hybridized carbons (Fsp3) is 0.176. The number of pyridine rings is 1. The van der Waals surface area contributed by atoms with Crippen molar-refractivity contribution in [1.82, 2.24) is 19.6 Å². The molecule has 7 nitrogen and oxygen atoms in total. The van der Waals surface area contributed by atoms with Gasteiger partial charge in [0.1, 0.15) is 5.56 Å². The van der Waals surface area contributed by atoms with Gasteiger partial charge in [-0.1, -0.05) is 11.8 Å². The molecular weight excluding hydrogens is 372 g/mol. The fourth-order valence-corrected chi connectivity index (χ4v) is 3.98. The molecule has 0 amide bonds. The molecular formula is C17H14N4O3S2. The Bertz CT molecular complexity index is 1080. The van der Waals surface area contributed by atoms with E-state index in [1.807, 2.05) is 30.8 Å². The first-order valence-corrected chi connectivity index (χ1v) is 9.58. The molecule has 0 atom stereocenters. The number of nitrogens with zero attached hydrogens (tertiary/aromatic N) is 4. The number of methoxy groups -OCH3 is 1. The van der Waals surface area contributed by atoms with Crippen molar-refractivity contribution in [2.24, 2.45) is 0 Å². The molecule has 0 radical (unpaired) electrons. The third kappa shape index (κ3) is 3.11. The van der Waals surface area contributed by atoms with Gasteiger partial charge in [-0.15, -0.1) is 21.5 Å². The summed E-state index contributed by atoms with van der Waals surface area (Å²) in [5.74, 6) is 0.670. The molecule has 0 spiro atoms. The molecule has 0 aliphatic heterocycles. The first-order chi connectivity index (χ1) is 12.7. The summed E-state index contributed by atoms with van der Waals surface area (Å²) in [4.78, 5) is 17.4. The minimum atomic E-state index is -0.409. The molecule has 9 heteroatoms. The van der Waals surface area contributed by atoms with Crippen LogP contribution >= 0.6 is 23.1 Å². The van der Waals surface area contributed by atoms with Crippen LogP contribution in [-0.2, 0) is 10.5 Å². The molecule has 4 heterocycles. The number of ether oxygens (including phenoxy) is 1. The van der Waals surface area contributed by atoms with Gasteiger partial charge in [-0.05, 0) is 36.1 Å². The van der Waals surface area contributed by atoms with Crippen LogP contribution in [0.2, 0.25) is 0 Å². The average Bonchev–Trinajstić information content (AvgIpc) is 3.37. The number of aryl methyl sites for hydroxylation is 1. The molecule has 0 unspecified atom stereocenters. The highest BCUT2D eigenvalue weighted by Gasteiger charge is 2.15. The lowest BCUT2D eigenvalue weighted by Gasteiger charge is -2.00. The molecule has 0 fully saturated rings. The monoisotopic (exact) mass is 386 g/mol. The SMILES string of the molecule is COC(=O)c1cccn2cc(CSc3nnc(-c4sccc4C)o3)nc12. The Morgan fingerprint density at radius 2 is 2.27 bits per heavy atom. The maximum absolute atomic E-state index is 11.8. The molecule has 0 saturated carbocycles. The second-order valence-electron chi connectivity index (χ2n) is 5.47. The topological polar surface area (TPSA) is 82.5 Å². The van der Waals surface area contributed by atoms with Crippen molar-refractivity contribution < 1.29 is 13.9 Å². The van der Waals surface area contributed by atoms with Crippen molar-refractivity contribution in [3.8, 4) is 10.8 Å². The third-order valence-electron chi connectivity index (χ3n) is 3.74. The van der Waals surface area contributed by atoms with Gasteiger partial charge in [-0.3, -0.25) is 0 Å². The van der Waals surface area contributed by atoms with Crippen LogP contribution < -0.4 is 0 Å². The number of aromatic nitrogens is 4. The van der Waals surface area contributed by atoms with E-state index in [1.165, 1.54) is 18.9 Å². The van der Waals surface area contributed by atoms with Crippen molar-refractivity contribution in [3.63, 3.8) is 0 Å². The minimum absolute atomic E-state index is 0.409. The quantitative estimate of drug-likeness (QED) is 0.381. The predicted octanol–water partition coefficient (Wildman–Crippen LogP) is 3.83. The summed E-state index contributed by atoms with van der Waals surface area (Å²) in [5.41, 5.74) is 2.92. The summed E-state index contributed by atoms with van der Waals surface area (Å²) in [6.45, 7) is 2.01. The van der Waals surface area contributed by atoms with Gasteiger partial charge in [-0.2, -0.15) is 0 Å². The summed E-state index contributed by atoms with van der Waals surface area (Å²) in [7, 11) is 1.36. The molecule has 0 saturated heterocycles. The number of fused-ring (bicyclic) bond motifs is 1. The number of hydrogen-bond donors (Lipinski definition) is 0. The lowest BCUT2D eigenvalue weighted by atomic mass is 10.3. The van der Waals surface area contributed by atoms with E-state index in [0.717, 1.165) is 16.1 Å².